The van der Waals surface area contributed by atoms with Crippen LogP contribution in [-0.2, 0) is 5.60 Å². The van der Waals surface area contributed by atoms with Gasteiger partial charge in [0.15, 0.2) is 0 Å². The van der Waals surface area contributed by atoms with Crippen LogP contribution in [0, 0.1) is 5.92 Å². The molecule has 1 aliphatic carbocycles. The first kappa shape index (κ1) is 12.4. The molecule has 0 spiro atoms. The molecule has 2 heteroatoms. The largest absolute Gasteiger partial charge is 0.491 e. The highest BCUT2D eigenvalue weighted by atomic mass is 16.5. The van der Waals surface area contributed by atoms with Crippen LogP contribution in [0.1, 0.15) is 45.6 Å². The zero-order chi connectivity index (χ0) is 12.5. The average Bonchev–Trinajstić information content (AvgIpc) is 3.01. The molecule has 1 atom stereocenters. The first-order valence-corrected chi connectivity index (χ1v) is 6.47. The predicted molar refractivity (Wildman–Crippen MR) is 69.1 cm³/mol. The summed E-state index contributed by atoms with van der Waals surface area (Å²) in [5.74, 6) is 1.59. The van der Waals surface area contributed by atoms with Crippen molar-refractivity contribution < 1.29 is 9.84 Å². The lowest BCUT2D eigenvalue weighted by molar-refractivity contribution is 0.0417. The Labute approximate surface area is 104 Å². The Hall–Kier alpha value is -1.02. The Bertz CT molecular complexity index is 361. The van der Waals surface area contributed by atoms with Gasteiger partial charge in [-0.25, -0.2) is 0 Å². The highest BCUT2D eigenvalue weighted by Crippen LogP contribution is 2.40. The van der Waals surface area contributed by atoms with Gasteiger partial charge in [0.1, 0.15) is 5.75 Å². The van der Waals surface area contributed by atoms with Gasteiger partial charge in [-0.1, -0.05) is 25.0 Å². The summed E-state index contributed by atoms with van der Waals surface area (Å²) in [6.45, 7) is 5.93. The summed E-state index contributed by atoms with van der Waals surface area (Å²) in [5.41, 5.74) is 0.290. The minimum Gasteiger partial charge on any atom is -0.491 e. The lowest BCUT2D eigenvalue weighted by atomic mass is 9.90. The van der Waals surface area contributed by atoms with E-state index in [1.54, 1.807) is 0 Å². The van der Waals surface area contributed by atoms with E-state index < -0.39 is 5.60 Å². The second-order valence-corrected chi connectivity index (χ2v) is 5.61. The molecule has 1 N–H and O–H groups in total. The molecule has 2 nitrogen and oxygen atoms in total. The molecule has 1 fully saturated rings. The molecular formula is C15H22O2. The number of ether oxygens (including phenoxy) is 1. The van der Waals surface area contributed by atoms with Crippen molar-refractivity contribution in [1.29, 1.82) is 0 Å². The maximum Gasteiger partial charge on any atom is 0.119 e. The molecule has 1 aromatic rings. The van der Waals surface area contributed by atoms with E-state index in [4.69, 9.17) is 4.74 Å². The Morgan fingerprint density at radius 3 is 2.35 bits per heavy atom. The molecule has 1 aliphatic rings. The minimum atomic E-state index is -0.697. The minimum absolute atomic E-state index is 0.188. The van der Waals surface area contributed by atoms with Crippen LogP contribution >= 0.6 is 0 Å². The number of aliphatic hydroxyl groups is 1. The molecule has 2 rings (SSSR count). The topological polar surface area (TPSA) is 29.5 Å². The first-order chi connectivity index (χ1) is 7.97. The van der Waals surface area contributed by atoms with E-state index in [9.17, 15) is 5.11 Å². The molecule has 1 aromatic carbocycles. The number of benzene rings is 1. The van der Waals surface area contributed by atoms with Crippen molar-refractivity contribution in [3.05, 3.63) is 29.8 Å². The Kier molecular flexibility index (Phi) is 3.43. The average molecular weight is 234 g/mol. The molecule has 1 saturated carbocycles. The maximum atomic E-state index is 10.4. The quantitative estimate of drug-likeness (QED) is 0.845. The molecule has 17 heavy (non-hydrogen) atoms. The van der Waals surface area contributed by atoms with Gasteiger partial charge in [0.25, 0.3) is 0 Å². The summed E-state index contributed by atoms with van der Waals surface area (Å²) in [7, 11) is 0. The molecule has 1 unspecified atom stereocenters. The molecule has 0 saturated heterocycles. The lowest BCUT2D eigenvalue weighted by Crippen LogP contribution is -2.21. The van der Waals surface area contributed by atoms with Crippen LogP contribution in [0.15, 0.2) is 24.3 Å². The van der Waals surface area contributed by atoms with Crippen LogP contribution in [0.25, 0.3) is 0 Å². The van der Waals surface area contributed by atoms with Crippen LogP contribution in [0.5, 0.6) is 5.75 Å². The van der Waals surface area contributed by atoms with Gasteiger partial charge in [-0.15, -0.1) is 0 Å². The predicted octanol–water partition coefficient (Wildman–Crippen LogP) is 3.48. The molecule has 0 amide bonds. The zero-order valence-electron chi connectivity index (χ0n) is 10.9. The summed E-state index contributed by atoms with van der Waals surface area (Å²) < 4.78 is 5.59. The molecule has 94 valence electrons. The molecule has 0 aromatic heterocycles. The fourth-order valence-electron chi connectivity index (χ4n) is 2.17. The van der Waals surface area contributed by atoms with Gasteiger partial charge in [-0.2, -0.15) is 0 Å². The van der Waals surface area contributed by atoms with Gasteiger partial charge in [-0.3, -0.25) is 0 Å². The van der Waals surface area contributed by atoms with E-state index in [0.29, 0.717) is 0 Å². The molecule has 0 bridgehead atoms. The van der Waals surface area contributed by atoms with E-state index in [0.717, 1.165) is 23.7 Å². The molecule has 0 heterocycles. The summed E-state index contributed by atoms with van der Waals surface area (Å²) in [4.78, 5) is 0. The molecular weight excluding hydrogens is 212 g/mol. The summed E-state index contributed by atoms with van der Waals surface area (Å²) in [6, 6.07) is 7.83. The standard InChI is InChI=1S/C15H22O2/c1-11(2)17-14-8-6-13(7-9-14)15(3,16)10-12-4-5-12/h6-9,11-12,16H,4-5,10H2,1-3H3. The number of hydrogen-bond donors (Lipinski definition) is 1. The van der Waals surface area contributed by atoms with Gasteiger partial charge >= 0.3 is 0 Å². The Balaban J connectivity index is 2.05. The van der Waals surface area contributed by atoms with Crippen molar-refractivity contribution in [3.8, 4) is 5.75 Å². The normalized spacial score (nSPS) is 19.1. The third kappa shape index (κ3) is 3.47. The van der Waals surface area contributed by atoms with E-state index >= 15 is 0 Å². The van der Waals surface area contributed by atoms with Gasteiger partial charge in [0.05, 0.1) is 11.7 Å². The van der Waals surface area contributed by atoms with E-state index in [1.165, 1.54) is 12.8 Å². The van der Waals surface area contributed by atoms with Crippen LogP contribution in [0.4, 0.5) is 0 Å². The number of rotatable bonds is 5. The van der Waals surface area contributed by atoms with Gasteiger partial charge in [0.2, 0.25) is 0 Å². The monoisotopic (exact) mass is 234 g/mol. The van der Waals surface area contributed by atoms with Crippen molar-refractivity contribution in [1.82, 2.24) is 0 Å². The van der Waals surface area contributed by atoms with Crippen molar-refractivity contribution in [2.45, 2.75) is 51.7 Å². The van der Waals surface area contributed by atoms with Crippen LogP contribution in [0.3, 0.4) is 0 Å². The molecule has 0 aliphatic heterocycles. The SMILES string of the molecule is CC(C)Oc1ccc(C(C)(O)CC2CC2)cc1. The molecule has 0 radical (unpaired) electrons. The Morgan fingerprint density at radius 1 is 1.29 bits per heavy atom. The third-order valence-corrected chi connectivity index (χ3v) is 3.23. The van der Waals surface area contributed by atoms with Gasteiger partial charge in [0, 0.05) is 0 Å². The van der Waals surface area contributed by atoms with Gasteiger partial charge < -0.3 is 9.84 Å². The van der Waals surface area contributed by atoms with Crippen molar-refractivity contribution >= 4 is 0 Å². The van der Waals surface area contributed by atoms with E-state index in [2.05, 4.69) is 0 Å². The van der Waals surface area contributed by atoms with Crippen molar-refractivity contribution in [3.63, 3.8) is 0 Å². The third-order valence-electron chi connectivity index (χ3n) is 3.23. The number of hydrogen-bond acceptors (Lipinski definition) is 2. The summed E-state index contributed by atoms with van der Waals surface area (Å²) in [6.07, 6.45) is 3.60. The van der Waals surface area contributed by atoms with Crippen LogP contribution in [-0.4, -0.2) is 11.2 Å². The highest BCUT2D eigenvalue weighted by Gasteiger charge is 2.32. The highest BCUT2D eigenvalue weighted by molar-refractivity contribution is 5.30. The van der Waals surface area contributed by atoms with E-state index in [1.807, 2.05) is 45.0 Å². The smallest absolute Gasteiger partial charge is 0.119 e. The van der Waals surface area contributed by atoms with Crippen molar-refractivity contribution in [2.75, 3.05) is 0 Å². The van der Waals surface area contributed by atoms with Crippen molar-refractivity contribution in [2.24, 2.45) is 5.92 Å². The fraction of sp³-hybridized carbons (Fsp3) is 0.600. The van der Waals surface area contributed by atoms with Crippen LogP contribution < -0.4 is 4.74 Å². The Morgan fingerprint density at radius 2 is 1.88 bits per heavy atom. The zero-order valence-corrected chi connectivity index (χ0v) is 10.9. The summed E-state index contributed by atoms with van der Waals surface area (Å²) >= 11 is 0. The maximum absolute atomic E-state index is 10.4. The summed E-state index contributed by atoms with van der Waals surface area (Å²) in [5, 5.41) is 10.4. The second kappa shape index (κ2) is 4.69. The van der Waals surface area contributed by atoms with Gasteiger partial charge in [-0.05, 0) is 50.8 Å². The lowest BCUT2D eigenvalue weighted by Gasteiger charge is -2.24. The van der Waals surface area contributed by atoms with E-state index in [-0.39, 0.29) is 6.10 Å². The second-order valence-electron chi connectivity index (χ2n) is 5.61. The first-order valence-electron chi connectivity index (χ1n) is 6.47. The van der Waals surface area contributed by atoms with Crippen LogP contribution in [0.2, 0.25) is 0 Å². The fourth-order valence-corrected chi connectivity index (χ4v) is 2.17.